The van der Waals surface area contributed by atoms with E-state index in [0.29, 0.717) is 18.8 Å². The van der Waals surface area contributed by atoms with Crippen LogP contribution in [0.5, 0.6) is 0 Å². The number of sulfonamides is 1. The van der Waals surface area contributed by atoms with E-state index < -0.39 is 10.0 Å². The van der Waals surface area contributed by atoms with E-state index >= 15 is 0 Å². The number of nitrogens with one attached hydrogen (secondary N) is 1. The molecule has 150 valence electrons. The van der Waals surface area contributed by atoms with Crippen LogP contribution in [0.4, 0.5) is 11.4 Å². The summed E-state index contributed by atoms with van der Waals surface area (Å²) in [6, 6.07) is 12.6. The molecule has 0 aliphatic carbocycles. The summed E-state index contributed by atoms with van der Waals surface area (Å²) in [5.74, 6) is -0.204. The number of carbonyl (C=O) groups is 1. The largest absolute Gasteiger partial charge is 0.362 e. The molecule has 28 heavy (non-hydrogen) atoms. The molecule has 1 amide bonds. The molecule has 1 heterocycles. The first-order valence-corrected chi connectivity index (χ1v) is 11.1. The van der Waals surface area contributed by atoms with Gasteiger partial charge >= 0.3 is 0 Å². The monoisotopic (exact) mass is 421 g/mol. The summed E-state index contributed by atoms with van der Waals surface area (Å²) in [7, 11) is -3.71. The Kier molecular flexibility index (Phi) is 6.27. The van der Waals surface area contributed by atoms with Crippen molar-refractivity contribution in [1.82, 2.24) is 4.31 Å². The van der Waals surface area contributed by atoms with Crippen molar-refractivity contribution >= 4 is 38.9 Å². The molecule has 0 fully saturated rings. The molecular weight excluding hydrogens is 398 g/mol. The van der Waals surface area contributed by atoms with Crippen molar-refractivity contribution in [3.8, 4) is 0 Å². The smallest absolute Gasteiger partial charge is 0.244 e. The quantitative estimate of drug-likeness (QED) is 0.744. The Bertz CT molecular complexity index is 974. The molecule has 2 aromatic rings. The average Bonchev–Trinajstić information content (AvgIpc) is 3.07. The minimum Gasteiger partial charge on any atom is -0.362 e. The van der Waals surface area contributed by atoms with Crippen molar-refractivity contribution in [3.05, 3.63) is 53.1 Å². The number of anilines is 2. The minimum absolute atomic E-state index is 0.00202. The summed E-state index contributed by atoms with van der Waals surface area (Å²) < 4.78 is 26.9. The molecule has 1 aliphatic heterocycles. The minimum atomic E-state index is -3.71. The van der Waals surface area contributed by atoms with Gasteiger partial charge in [-0.2, -0.15) is 4.31 Å². The fraction of sp³-hybridized carbons (Fsp3) is 0.350. The van der Waals surface area contributed by atoms with E-state index in [4.69, 9.17) is 11.6 Å². The van der Waals surface area contributed by atoms with Crippen LogP contribution in [0, 0.1) is 0 Å². The number of benzene rings is 2. The topological polar surface area (TPSA) is 69.7 Å². The maximum absolute atomic E-state index is 12.8. The van der Waals surface area contributed by atoms with Gasteiger partial charge in [0.15, 0.2) is 0 Å². The van der Waals surface area contributed by atoms with Crippen LogP contribution in [0.3, 0.4) is 0 Å². The molecule has 3 rings (SSSR count). The van der Waals surface area contributed by atoms with Crippen LogP contribution in [0.25, 0.3) is 0 Å². The fourth-order valence-corrected chi connectivity index (χ4v) is 5.38. The first kappa shape index (κ1) is 20.6. The summed E-state index contributed by atoms with van der Waals surface area (Å²) in [5, 5.41) is 2.93. The fourth-order valence-electron chi connectivity index (χ4n) is 3.43. The van der Waals surface area contributed by atoms with Crippen molar-refractivity contribution in [2.45, 2.75) is 25.2 Å². The third-order valence-electron chi connectivity index (χ3n) is 4.86. The summed E-state index contributed by atoms with van der Waals surface area (Å²) >= 11 is 6.14. The molecule has 0 saturated heterocycles. The van der Waals surface area contributed by atoms with Gasteiger partial charge in [-0.25, -0.2) is 8.42 Å². The van der Waals surface area contributed by atoms with Gasteiger partial charge in [0.05, 0.1) is 11.6 Å². The second-order valence-corrected chi connectivity index (χ2v) is 8.90. The lowest BCUT2D eigenvalue weighted by atomic mass is 10.2. The highest BCUT2D eigenvalue weighted by Crippen LogP contribution is 2.29. The summed E-state index contributed by atoms with van der Waals surface area (Å²) in [5.41, 5.74) is 2.71. The van der Waals surface area contributed by atoms with Gasteiger partial charge in [-0.05, 0) is 36.2 Å². The van der Waals surface area contributed by atoms with Crippen molar-refractivity contribution < 1.29 is 13.2 Å². The molecule has 6 nitrogen and oxygen atoms in total. The number of carbonyl (C=O) groups excluding carboxylic acids is 1. The van der Waals surface area contributed by atoms with Crippen molar-refractivity contribution in [1.29, 1.82) is 0 Å². The average molecular weight is 422 g/mol. The van der Waals surface area contributed by atoms with Crippen LogP contribution in [0.1, 0.15) is 19.4 Å². The first-order valence-electron chi connectivity index (χ1n) is 9.29. The van der Waals surface area contributed by atoms with Gasteiger partial charge in [-0.15, -0.1) is 0 Å². The maximum atomic E-state index is 12.8. The Hall–Kier alpha value is -2.09. The standard InChI is InChI=1S/C20H24ClN3O3S/c1-3-24(4-2)28(26,27)19-13-16(9-10-17(19)21)22-20(25)14-23-12-11-15-7-5-6-8-18(15)23/h5-10,13H,3-4,11-12,14H2,1-2H3,(H,22,25). The number of nitrogens with zero attached hydrogens (tertiary/aromatic N) is 2. The van der Waals surface area contributed by atoms with Crippen LogP contribution in [-0.2, 0) is 21.2 Å². The molecule has 0 aromatic heterocycles. The number of hydrogen-bond donors (Lipinski definition) is 1. The van der Waals surface area contributed by atoms with E-state index in [0.717, 1.165) is 18.7 Å². The lowest BCUT2D eigenvalue weighted by molar-refractivity contribution is -0.115. The van der Waals surface area contributed by atoms with Crippen molar-refractivity contribution in [3.63, 3.8) is 0 Å². The Morgan fingerprint density at radius 1 is 1.18 bits per heavy atom. The predicted octanol–water partition coefficient (Wildman–Crippen LogP) is 3.37. The molecule has 0 bridgehead atoms. The molecule has 0 radical (unpaired) electrons. The van der Waals surface area contributed by atoms with Gasteiger partial charge in [-0.1, -0.05) is 43.6 Å². The molecule has 0 saturated carbocycles. The maximum Gasteiger partial charge on any atom is 0.244 e. The van der Waals surface area contributed by atoms with E-state index in [9.17, 15) is 13.2 Å². The number of fused-ring (bicyclic) bond motifs is 1. The second kappa shape index (κ2) is 8.51. The SMILES string of the molecule is CCN(CC)S(=O)(=O)c1cc(NC(=O)CN2CCc3ccccc32)ccc1Cl. The normalized spacial score (nSPS) is 13.6. The zero-order chi connectivity index (χ0) is 20.3. The molecular formula is C20H24ClN3O3S. The number of amides is 1. The highest BCUT2D eigenvalue weighted by atomic mass is 35.5. The summed E-state index contributed by atoms with van der Waals surface area (Å²) in [6.07, 6.45) is 0.913. The Morgan fingerprint density at radius 3 is 2.61 bits per heavy atom. The van der Waals surface area contributed by atoms with Gasteiger partial charge < -0.3 is 10.2 Å². The van der Waals surface area contributed by atoms with Crippen molar-refractivity contribution in [2.75, 3.05) is 36.4 Å². The lowest BCUT2D eigenvalue weighted by Crippen LogP contribution is -2.32. The van der Waals surface area contributed by atoms with Crippen LogP contribution >= 0.6 is 11.6 Å². The third kappa shape index (κ3) is 4.16. The lowest BCUT2D eigenvalue weighted by Gasteiger charge is -2.21. The van der Waals surface area contributed by atoms with Crippen LogP contribution in [-0.4, -0.2) is 44.8 Å². The number of rotatable bonds is 7. The van der Waals surface area contributed by atoms with Gasteiger partial charge in [-0.3, -0.25) is 4.79 Å². The van der Waals surface area contributed by atoms with Gasteiger partial charge in [0.1, 0.15) is 4.90 Å². The van der Waals surface area contributed by atoms with Gasteiger partial charge in [0.25, 0.3) is 0 Å². The van der Waals surface area contributed by atoms with Crippen LogP contribution in [0.2, 0.25) is 5.02 Å². The zero-order valence-corrected chi connectivity index (χ0v) is 17.6. The number of hydrogen-bond acceptors (Lipinski definition) is 4. The summed E-state index contributed by atoms with van der Waals surface area (Å²) in [6.45, 7) is 5.23. The Balaban J connectivity index is 1.76. The molecule has 0 unspecified atom stereocenters. The van der Waals surface area contributed by atoms with Crippen LogP contribution < -0.4 is 10.2 Å². The second-order valence-electron chi connectivity index (χ2n) is 6.58. The Labute approximate surface area is 171 Å². The van der Waals surface area contributed by atoms with Crippen LogP contribution in [0.15, 0.2) is 47.4 Å². The van der Waals surface area contributed by atoms with E-state index in [1.165, 1.54) is 22.0 Å². The molecule has 0 atom stereocenters. The van der Waals surface area contributed by atoms with E-state index in [-0.39, 0.29) is 22.4 Å². The Morgan fingerprint density at radius 2 is 1.89 bits per heavy atom. The molecule has 1 aliphatic rings. The molecule has 1 N–H and O–H groups in total. The first-order chi connectivity index (χ1) is 13.4. The molecule has 0 spiro atoms. The summed E-state index contributed by atoms with van der Waals surface area (Å²) in [4.78, 5) is 14.5. The predicted molar refractivity (Wildman–Crippen MR) is 113 cm³/mol. The highest BCUT2D eigenvalue weighted by Gasteiger charge is 2.25. The van der Waals surface area contributed by atoms with Crippen molar-refractivity contribution in [2.24, 2.45) is 0 Å². The van der Waals surface area contributed by atoms with E-state index in [2.05, 4.69) is 11.4 Å². The van der Waals surface area contributed by atoms with Gasteiger partial charge in [0.2, 0.25) is 15.9 Å². The molecule has 8 heteroatoms. The molecule has 2 aromatic carbocycles. The number of halogens is 1. The zero-order valence-electron chi connectivity index (χ0n) is 16.0. The van der Waals surface area contributed by atoms with Gasteiger partial charge in [0, 0.05) is 31.0 Å². The third-order valence-corrected chi connectivity index (χ3v) is 7.39. The van der Waals surface area contributed by atoms with E-state index in [1.54, 1.807) is 19.9 Å². The highest BCUT2D eigenvalue weighted by molar-refractivity contribution is 7.89. The number of para-hydroxylation sites is 1. The van der Waals surface area contributed by atoms with E-state index in [1.807, 2.05) is 23.1 Å².